The Labute approximate surface area is 104 Å². The minimum absolute atomic E-state index is 0.698. The fraction of sp³-hybridized carbons (Fsp3) is 1.00. The quantitative estimate of drug-likeness (QED) is 0.664. The maximum absolute atomic E-state index is 5.42. The smallest absolute Gasteiger partial charge is 0.0700 e. The van der Waals surface area contributed by atoms with Crippen LogP contribution >= 0.6 is 11.8 Å². The number of thioether (sulfide) groups is 1. The Morgan fingerprint density at radius 2 is 2.19 bits per heavy atom. The second-order valence-corrected chi connectivity index (χ2v) is 5.72. The van der Waals surface area contributed by atoms with E-state index in [1.807, 2.05) is 0 Å². The van der Waals surface area contributed by atoms with Gasteiger partial charge in [0.15, 0.2) is 0 Å². The Kier molecular flexibility index (Phi) is 8.29. The van der Waals surface area contributed by atoms with Crippen LogP contribution in [0.5, 0.6) is 0 Å². The van der Waals surface area contributed by atoms with Crippen molar-refractivity contribution >= 4 is 11.8 Å². The zero-order valence-corrected chi connectivity index (χ0v) is 11.4. The molecule has 1 rings (SSSR count). The molecule has 4 heteroatoms. The Hall–Kier alpha value is 0.230. The van der Waals surface area contributed by atoms with Crippen LogP contribution in [-0.2, 0) is 9.47 Å². The summed E-state index contributed by atoms with van der Waals surface area (Å²) in [6.07, 6.45) is 3.79. The molecule has 1 fully saturated rings. The molecule has 3 nitrogen and oxygen atoms in total. The number of methoxy groups -OCH3 is 1. The van der Waals surface area contributed by atoms with Crippen LogP contribution in [0.4, 0.5) is 0 Å². The van der Waals surface area contributed by atoms with Crippen molar-refractivity contribution in [2.45, 2.75) is 37.5 Å². The van der Waals surface area contributed by atoms with Crippen molar-refractivity contribution in [2.24, 2.45) is 0 Å². The Morgan fingerprint density at radius 1 is 1.31 bits per heavy atom. The molecule has 0 radical (unpaired) electrons. The van der Waals surface area contributed by atoms with Crippen LogP contribution in [0.1, 0.15) is 26.2 Å². The van der Waals surface area contributed by atoms with Gasteiger partial charge in [-0.3, -0.25) is 0 Å². The molecule has 1 heterocycles. The molecule has 0 aromatic carbocycles. The van der Waals surface area contributed by atoms with Gasteiger partial charge in [-0.15, -0.1) is 0 Å². The van der Waals surface area contributed by atoms with E-state index < -0.39 is 0 Å². The van der Waals surface area contributed by atoms with Gasteiger partial charge < -0.3 is 14.8 Å². The lowest BCUT2D eigenvalue weighted by Gasteiger charge is -2.29. The molecule has 96 valence electrons. The van der Waals surface area contributed by atoms with Crippen molar-refractivity contribution < 1.29 is 9.47 Å². The summed E-state index contributed by atoms with van der Waals surface area (Å²) in [4.78, 5) is 0. The molecule has 0 aromatic rings. The molecule has 16 heavy (non-hydrogen) atoms. The van der Waals surface area contributed by atoms with E-state index in [1.54, 1.807) is 7.11 Å². The zero-order chi connectivity index (χ0) is 11.6. The molecule has 0 aromatic heterocycles. The monoisotopic (exact) mass is 247 g/mol. The average Bonchev–Trinajstić information content (AvgIpc) is 2.30. The Morgan fingerprint density at radius 3 is 2.94 bits per heavy atom. The van der Waals surface area contributed by atoms with Gasteiger partial charge >= 0.3 is 0 Å². The maximum Gasteiger partial charge on any atom is 0.0700 e. The summed E-state index contributed by atoms with van der Waals surface area (Å²) in [6.45, 7) is 5.65. The first-order valence-corrected chi connectivity index (χ1v) is 7.31. The van der Waals surface area contributed by atoms with Crippen molar-refractivity contribution in [2.75, 3.05) is 39.2 Å². The van der Waals surface area contributed by atoms with E-state index in [-0.39, 0.29) is 0 Å². The summed E-state index contributed by atoms with van der Waals surface area (Å²) in [6, 6.07) is 0.706. The van der Waals surface area contributed by atoms with Crippen LogP contribution < -0.4 is 5.32 Å². The Bertz CT molecular complexity index is 169. The largest absolute Gasteiger partial charge is 0.382 e. The van der Waals surface area contributed by atoms with Crippen molar-refractivity contribution in [1.82, 2.24) is 5.32 Å². The van der Waals surface area contributed by atoms with E-state index in [9.17, 15) is 0 Å². The van der Waals surface area contributed by atoms with Gasteiger partial charge in [0.1, 0.15) is 0 Å². The van der Waals surface area contributed by atoms with Crippen LogP contribution in [0.15, 0.2) is 0 Å². The molecular formula is C12H25NO2S. The normalized spacial score (nSPS) is 25.9. The number of ether oxygens (including phenoxy) is 2. The molecule has 0 saturated carbocycles. The summed E-state index contributed by atoms with van der Waals surface area (Å²) in [5.41, 5.74) is 0. The second-order valence-electron chi connectivity index (χ2n) is 4.24. The molecule has 0 spiro atoms. The molecule has 1 aliphatic rings. The van der Waals surface area contributed by atoms with Gasteiger partial charge in [0, 0.05) is 25.0 Å². The van der Waals surface area contributed by atoms with Gasteiger partial charge in [0.05, 0.1) is 13.2 Å². The molecular weight excluding hydrogens is 222 g/mol. The van der Waals surface area contributed by atoms with Gasteiger partial charge in [-0.1, -0.05) is 6.92 Å². The lowest BCUT2D eigenvalue weighted by Crippen LogP contribution is -2.39. The number of hydrogen-bond acceptors (Lipinski definition) is 4. The van der Waals surface area contributed by atoms with Crippen LogP contribution in [0.25, 0.3) is 0 Å². The first-order chi connectivity index (χ1) is 7.84. The van der Waals surface area contributed by atoms with Gasteiger partial charge in [-0.05, 0) is 31.6 Å². The molecule has 2 atom stereocenters. The topological polar surface area (TPSA) is 30.5 Å². The second kappa shape index (κ2) is 9.28. The summed E-state index contributed by atoms with van der Waals surface area (Å²) < 4.78 is 10.3. The van der Waals surface area contributed by atoms with E-state index in [0.29, 0.717) is 19.3 Å². The first-order valence-electron chi connectivity index (χ1n) is 6.26. The van der Waals surface area contributed by atoms with Crippen molar-refractivity contribution in [1.29, 1.82) is 0 Å². The minimum Gasteiger partial charge on any atom is -0.382 e. The van der Waals surface area contributed by atoms with E-state index in [4.69, 9.17) is 9.47 Å². The number of nitrogens with one attached hydrogen (secondary N) is 1. The van der Waals surface area contributed by atoms with E-state index in [1.165, 1.54) is 18.6 Å². The van der Waals surface area contributed by atoms with Gasteiger partial charge in [0.25, 0.3) is 0 Å². The van der Waals surface area contributed by atoms with Gasteiger partial charge in [0.2, 0.25) is 0 Å². The summed E-state index contributed by atoms with van der Waals surface area (Å²) in [7, 11) is 1.70. The van der Waals surface area contributed by atoms with Gasteiger partial charge in [-0.25, -0.2) is 0 Å². The average molecular weight is 247 g/mol. The fourth-order valence-corrected chi connectivity index (χ4v) is 3.07. The highest BCUT2D eigenvalue weighted by Gasteiger charge is 2.20. The highest BCUT2D eigenvalue weighted by molar-refractivity contribution is 7.99. The fourth-order valence-electron chi connectivity index (χ4n) is 1.90. The van der Waals surface area contributed by atoms with Gasteiger partial charge in [-0.2, -0.15) is 11.8 Å². The summed E-state index contributed by atoms with van der Waals surface area (Å²) in [5, 5.41) is 4.40. The van der Waals surface area contributed by atoms with Crippen LogP contribution in [-0.4, -0.2) is 50.5 Å². The Balaban J connectivity index is 1.90. The van der Waals surface area contributed by atoms with Crippen molar-refractivity contribution in [3.8, 4) is 0 Å². The van der Waals surface area contributed by atoms with E-state index >= 15 is 0 Å². The predicted octanol–water partition coefficient (Wildman–Crippen LogP) is 1.91. The summed E-state index contributed by atoms with van der Waals surface area (Å²) in [5.74, 6) is 1.33. The number of hydrogen-bond donors (Lipinski definition) is 1. The third kappa shape index (κ3) is 6.09. The minimum atomic E-state index is 0.698. The third-order valence-corrected chi connectivity index (χ3v) is 4.29. The molecule has 1 saturated heterocycles. The van der Waals surface area contributed by atoms with Crippen LogP contribution in [0, 0.1) is 0 Å². The standard InChI is InChI=1S/C12H25NO2S/c1-11-12(5-3-10-16-11)13-6-4-7-15-9-8-14-2/h11-13H,3-10H2,1-2H3. The molecule has 0 bridgehead atoms. The third-order valence-electron chi connectivity index (χ3n) is 2.91. The maximum atomic E-state index is 5.42. The summed E-state index contributed by atoms with van der Waals surface area (Å²) >= 11 is 2.09. The van der Waals surface area contributed by atoms with Crippen molar-refractivity contribution in [3.05, 3.63) is 0 Å². The molecule has 1 aliphatic heterocycles. The zero-order valence-electron chi connectivity index (χ0n) is 10.5. The van der Waals surface area contributed by atoms with E-state index in [2.05, 4.69) is 24.0 Å². The molecule has 1 N–H and O–H groups in total. The number of rotatable bonds is 8. The van der Waals surface area contributed by atoms with Crippen LogP contribution in [0.2, 0.25) is 0 Å². The van der Waals surface area contributed by atoms with Crippen LogP contribution in [0.3, 0.4) is 0 Å². The van der Waals surface area contributed by atoms with Crippen molar-refractivity contribution in [3.63, 3.8) is 0 Å². The highest BCUT2D eigenvalue weighted by Crippen LogP contribution is 2.24. The lowest BCUT2D eigenvalue weighted by atomic mass is 10.1. The van der Waals surface area contributed by atoms with E-state index in [0.717, 1.165) is 24.8 Å². The molecule has 0 aliphatic carbocycles. The lowest BCUT2D eigenvalue weighted by molar-refractivity contribution is 0.0692. The SMILES string of the molecule is COCCOCCCNC1CCCSC1C. The highest BCUT2D eigenvalue weighted by atomic mass is 32.2. The predicted molar refractivity (Wildman–Crippen MR) is 70.3 cm³/mol. The molecule has 2 unspecified atom stereocenters. The first kappa shape index (κ1) is 14.3. The molecule has 0 amide bonds.